The normalized spacial score (nSPS) is 13.5. The highest BCUT2D eigenvalue weighted by atomic mass is 15.1. The van der Waals surface area contributed by atoms with Crippen molar-refractivity contribution in [3.8, 4) is 0 Å². The summed E-state index contributed by atoms with van der Waals surface area (Å²) in [4.78, 5) is 14.8. The van der Waals surface area contributed by atoms with Gasteiger partial charge in [0.05, 0.1) is 22.8 Å². The van der Waals surface area contributed by atoms with E-state index in [0.29, 0.717) is 0 Å². The number of aryl methyl sites for hydroxylation is 1. The first-order chi connectivity index (χ1) is 14.9. The van der Waals surface area contributed by atoms with E-state index >= 15 is 0 Å². The number of hydrogen-bond donors (Lipinski definition) is 0. The van der Waals surface area contributed by atoms with E-state index in [-0.39, 0.29) is 10.8 Å². The van der Waals surface area contributed by atoms with Crippen LogP contribution in [0, 0.1) is 0 Å². The Hall–Kier alpha value is -3.01. The third-order valence-electron chi connectivity index (χ3n) is 5.57. The van der Waals surface area contributed by atoms with E-state index in [1.165, 1.54) is 11.1 Å². The van der Waals surface area contributed by atoms with Crippen molar-refractivity contribution in [2.45, 2.75) is 66.2 Å². The maximum Gasteiger partial charge on any atom is 0.154 e. The highest BCUT2D eigenvalue weighted by Crippen LogP contribution is 2.33. The van der Waals surface area contributed by atoms with Crippen LogP contribution in [0.3, 0.4) is 0 Å². The van der Waals surface area contributed by atoms with E-state index in [9.17, 15) is 0 Å². The van der Waals surface area contributed by atoms with Gasteiger partial charge in [-0.05, 0) is 47.9 Å². The van der Waals surface area contributed by atoms with Gasteiger partial charge >= 0.3 is 0 Å². The highest BCUT2D eigenvalue weighted by molar-refractivity contribution is 6.02. The monoisotopic (exact) mass is 428 g/mol. The Kier molecular flexibility index (Phi) is 6.54. The van der Waals surface area contributed by atoms with E-state index in [0.717, 1.165) is 34.3 Å². The van der Waals surface area contributed by atoms with Crippen LogP contribution in [0.1, 0.15) is 78.0 Å². The van der Waals surface area contributed by atoms with Gasteiger partial charge in [-0.1, -0.05) is 77.9 Å². The molecule has 168 valence electrons. The summed E-state index contributed by atoms with van der Waals surface area (Å²) in [5, 5.41) is 0. The maximum absolute atomic E-state index is 4.95. The summed E-state index contributed by atoms with van der Waals surface area (Å²) in [5.74, 6) is 0.849. The molecule has 4 nitrogen and oxygen atoms in total. The molecule has 1 aromatic heterocycles. The molecule has 0 aliphatic heterocycles. The largest absolute Gasteiger partial charge is 0.332 e. The summed E-state index contributed by atoms with van der Waals surface area (Å²) >= 11 is 0. The minimum absolute atomic E-state index is 0.0247. The van der Waals surface area contributed by atoms with Crippen molar-refractivity contribution in [3.05, 3.63) is 77.4 Å². The smallest absolute Gasteiger partial charge is 0.154 e. The van der Waals surface area contributed by atoms with Crippen molar-refractivity contribution in [2.24, 2.45) is 17.0 Å². The third-order valence-corrected chi connectivity index (χ3v) is 5.57. The van der Waals surface area contributed by atoms with Crippen LogP contribution in [-0.2, 0) is 17.9 Å². The molecule has 0 amide bonds. The van der Waals surface area contributed by atoms with Crippen LogP contribution in [0.5, 0.6) is 0 Å². The molecule has 0 unspecified atom stereocenters. The van der Waals surface area contributed by atoms with Gasteiger partial charge in [0.1, 0.15) is 5.69 Å². The van der Waals surface area contributed by atoms with E-state index in [2.05, 4.69) is 77.9 Å². The van der Waals surface area contributed by atoms with Gasteiger partial charge in [0.2, 0.25) is 0 Å². The summed E-state index contributed by atoms with van der Waals surface area (Å²) in [6, 6.07) is 16.7. The second-order valence-corrected chi connectivity index (χ2v) is 10.5. The van der Waals surface area contributed by atoms with Crippen molar-refractivity contribution < 1.29 is 0 Å². The summed E-state index contributed by atoms with van der Waals surface area (Å²) < 4.78 is 2.03. The molecule has 0 saturated carbocycles. The van der Waals surface area contributed by atoms with Crippen molar-refractivity contribution in [1.29, 1.82) is 0 Å². The number of aliphatic imine (C=N–C) groups is 2. The maximum atomic E-state index is 4.95. The molecule has 0 aliphatic rings. The van der Waals surface area contributed by atoms with Crippen molar-refractivity contribution in [1.82, 2.24) is 9.55 Å². The molecule has 4 heteroatoms. The minimum atomic E-state index is 0.0247. The Morgan fingerprint density at radius 2 is 1.16 bits per heavy atom. The lowest BCUT2D eigenvalue weighted by molar-refractivity contribution is 0.591. The summed E-state index contributed by atoms with van der Waals surface area (Å²) in [6.07, 6.45) is 2.03. The van der Waals surface area contributed by atoms with Gasteiger partial charge in [-0.3, -0.25) is 4.99 Å². The number of rotatable bonds is 4. The van der Waals surface area contributed by atoms with Crippen LogP contribution in [0.4, 0.5) is 11.4 Å². The number of para-hydroxylation sites is 2. The fraction of sp³-hybridized carbons (Fsp3) is 0.393. The van der Waals surface area contributed by atoms with Crippen LogP contribution in [0.25, 0.3) is 0 Å². The topological polar surface area (TPSA) is 42.5 Å². The van der Waals surface area contributed by atoms with E-state index in [1.54, 1.807) is 0 Å². The molecular weight excluding hydrogens is 392 g/mol. The summed E-state index contributed by atoms with van der Waals surface area (Å²) in [6.45, 7) is 17.3. The zero-order chi connectivity index (χ0) is 23.7. The molecule has 0 N–H and O–H groups in total. The van der Waals surface area contributed by atoms with Gasteiger partial charge in [-0.25, -0.2) is 9.98 Å². The Morgan fingerprint density at radius 1 is 0.719 bits per heavy atom. The van der Waals surface area contributed by atoms with Crippen LogP contribution in [0.2, 0.25) is 0 Å². The number of nitrogens with zero attached hydrogens (tertiary/aromatic N) is 4. The van der Waals surface area contributed by atoms with Gasteiger partial charge in [-0.2, -0.15) is 0 Å². The third kappa shape index (κ3) is 5.24. The predicted octanol–water partition coefficient (Wildman–Crippen LogP) is 7.30. The molecule has 1 heterocycles. The van der Waals surface area contributed by atoms with Gasteiger partial charge in [-0.15, -0.1) is 0 Å². The first kappa shape index (κ1) is 23.6. The lowest BCUT2D eigenvalue weighted by Crippen LogP contribution is -2.12. The van der Waals surface area contributed by atoms with Crippen molar-refractivity contribution in [3.63, 3.8) is 0 Å². The zero-order valence-corrected chi connectivity index (χ0v) is 21.0. The predicted molar refractivity (Wildman–Crippen MR) is 137 cm³/mol. The Bertz CT molecular complexity index is 1160. The summed E-state index contributed by atoms with van der Waals surface area (Å²) in [7, 11) is 2.01. The zero-order valence-electron chi connectivity index (χ0n) is 21.0. The molecule has 0 aliphatic carbocycles. The molecule has 2 aromatic carbocycles. The molecule has 3 rings (SSSR count). The first-order valence-electron chi connectivity index (χ1n) is 11.2. The average molecular weight is 429 g/mol. The number of imidazole rings is 1. The molecule has 0 spiro atoms. The molecule has 0 atom stereocenters. The standard InChI is InChI=1S/C28H36N4/c1-19(29-23-16-12-10-14-21(23)27(3,4)5)25-18-32(9)26(31-25)20(2)30-24-17-13-11-15-22(24)28(6,7)8/h10-18H,1-9H3. The number of benzene rings is 2. The van der Waals surface area contributed by atoms with Crippen LogP contribution in [-0.4, -0.2) is 21.0 Å². The van der Waals surface area contributed by atoms with Crippen LogP contribution >= 0.6 is 0 Å². The van der Waals surface area contributed by atoms with E-state index in [4.69, 9.17) is 15.0 Å². The summed E-state index contributed by atoms with van der Waals surface area (Å²) in [5.41, 5.74) is 7.14. The fourth-order valence-corrected chi connectivity index (χ4v) is 3.86. The van der Waals surface area contributed by atoms with Gasteiger partial charge < -0.3 is 4.57 Å². The highest BCUT2D eigenvalue weighted by Gasteiger charge is 2.19. The Morgan fingerprint density at radius 3 is 1.62 bits per heavy atom. The molecule has 0 bridgehead atoms. The quantitative estimate of drug-likeness (QED) is 0.402. The fourth-order valence-electron chi connectivity index (χ4n) is 3.86. The van der Waals surface area contributed by atoms with Crippen LogP contribution < -0.4 is 0 Å². The molecule has 0 saturated heterocycles. The second kappa shape index (κ2) is 8.85. The molecule has 3 aromatic rings. The molecule has 0 radical (unpaired) electrons. The first-order valence-corrected chi connectivity index (χ1v) is 11.2. The number of aromatic nitrogens is 2. The van der Waals surface area contributed by atoms with Crippen LogP contribution in [0.15, 0.2) is 64.7 Å². The Balaban J connectivity index is 1.99. The molecular formula is C28H36N4. The van der Waals surface area contributed by atoms with Gasteiger partial charge in [0.15, 0.2) is 5.82 Å². The number of hydrogen-bond acceptors (Lipinski definition) is 3. The second-order valence-electron chi connectivity index (χ2n) is 10.5. The van der Waals surface area contributed by atoms with E-state index in [1.807, 2.05) is 43.8 Å². The van der Waals surface area contributed by atoms with Crippen molar-refractivity contribution >= 4 is 22.8 Å². The SMILES string of the molecule is CC(=Nc1ccccc1C(C)(C)C)c1cn(C)c(C(C)=Nc2ccccc2C(C)(C)C)n1. The van der Waals surface area contributed by atoms with Crippen molar-refractivity contribution in [2.75, 3.05) is 0 Å². The average Bonchev–Trinajstić information content (AvgIpc) is 3.09. The molecule has 32 heavy (non-hydrogen) atoms. The molecule has 0 fully saturated rings. The van der Waals surface area contributed by atoms with E-state index < -0.39 is 0 Å². The lowest BCUT2D eigenvalue weighted by atomic mass is 9.86. The Labute approximate surface area is 193 Å². The van der Waals surface area contributed by atoms with Gasteiger partial charge in [0.25, 0.3) is 0 Å². The van der Waals surface area contributed by atoms with Gasteiger partial charge in [0, 0.05) is 13.2 Å². The minimum Gasteiger partial charge on any atom is -0.332 e. The lowest BCUT2D eigenvalue weighted by Gasteiger charge is -2.21.